The normalized spacial score (nSPS) is 37.5. The minimum Gasteiger partial charge on any atom is -0.508 e. The molecule has 24 heavy (non-hydrogen) atoms. The number of hydrogen-bond donors (Lipinski definition) is 1. The molecule has 5 atom stereocenters. The number of aryl methyl sites for hydroxylation is 1. The van der Waals surface area contributed by atoms with Crippen molar-refractivity contribution in [2.24, 2.45) is 23.2 Å². The summed E-state index contributed by atoms with van der Waals surface area (Å²) < 4.78 is 0. The summed E-state index contributed by atoms with van der Waals surface area (Å²) >= 11 is 0. The van der Waals surface area contributed by atoms with Crippen LogP contribution in [0.25, 0.3) is 0 Å². The van der Waals surface area contributed by atoms with Crippen molar-refractivity contribution < 1.29 is 9.90 Å². The molecular weight excluding hydrogens is 296 g/mol. The Morgan fingerprint density at radius 3 is 2.96 bits per heavy atom. The molecule has 0 heterocycles. The zero-order chi connectivity index (χ0) is 16.9. The highest BCUT2D eigenvalue weighted by atomic mass is 16.3. The van der Waals surface area contributed by atoms with E-state index < -0.39 is 0 Å². The Hall–Kier alpha value is -1.57. The number of carbonyl (C=O) groups is 1. The highest BCUT2D eigenvalue weighted by Gasteiger charge is 2.57. The first kappa shape index (κ1) is 15.9. The van der Waals surface area contributed by atoms with Gasteiger partial charge in [0.05, 0.1) is 0 Å². The second kappa shape index (κ2) is 5.75. The van der Waals surface area contributed by atoms with E-state index in [1.807, 2.05) is 18.2 Å². The van der Waals surface area contributed by atoms with Crippen LogP contribution in [0.15, 0.2) is 30.9 Å². The van der Waals surface area contributed by atoms with Gasteiger partial charge in [-0.15, -0.1) is 6.58 Å². The van der Waals surface area contributed by atoms with Gasteiger partial charge in [0, 0.05) is 11.8 Å². The molecule has 4 rings (SSSR count). The minimum atomic E-state index is -0.0958. The first-order chi connectivity index (χ1) is 11.5. The van der Waals surface area contributed by atoms with Gasteiger partial charge >= 0.3 is 0 Å². The smallest absolute Gasteiger partial charge is 0.139 e. The molecule has 0 bridgehead atoms. The molecule has 3 aliphatic rings. The maximum atomic E-state index is 12.7. The molecule has 0 spiro atoms. The SMILES string of the molecule is C=CCC[C@H]1C[C@]2(C)C(=O)CCC2C2CCc3cc(O)ccc3C21. The third-order valence-electron chi connectivity index (χ3n) is 7.28. The van der Waals surface area contributed by atoms with Crippen molar-refractivity contribution in [3.63, 3.8) is 0 Å². The summed E-state index contributed by atoms with van der Waals surface area (Å²) in [6.07, 6.45) is 9.27. The van der Waals surface area contributed by atoms with Crippen LogP contribution >= 0.6 is 0 Å². The second-order valence-electron chi connectivity index (χ2n) is 8.43. The molecule has 0 aromatic heterocycles. The maximum Gasteiger partial charge on any atom is 0.139 e. The average Bonchev–Trinajstić information content (AvgIpc) is 2.87. The molecule has 3 aliphatic carbocycles. The molecule has 2 nitrogen and oxygen atoms in total. The van der Waals surface area contributed by atoms with Crippen molar-refractivity contribution in [3.05, 3.63) is 42.0 Å². The number of benzene rings is 1. The Bertz CT molecular complexity index is 677. The number of allylic oxidation sites excluding steroid dienone is 1. The van der Waals surface area contributed by atoms with Gasteiger partial charge in [0.1, 0.15) is 11.5 Å². The predicted molar refractivity (Wildman–Crippen MR) is 96.0 cm³/mol. The highest BCUT2D eigenvalue weighted by Crippen LogP contribution is 2.62. The van der Waals surface area contributed by atoms with E-state index in [1.54, 1.807) is 0 Å². The molecule has 1 N–H and O–H groups in total. The number of fused-ring (bicyclic) bond motifs is 5. The number of rotatable bonds is 3. The summed E-state index contributed by atoms with van der Waals surface area (Å²) in [5, 5.41) is 9.86. The number of hydrogen-bond acceptors (Lipinski definition) is 2. The fraction of sp³-hybridized carbons (Fsp3) is 0.591. The van der Waals surface area contributed by atoms with Crippen LogP contribution in [0.3, 0.4) is 0 Å². The van der Waals surface area contributed by atoms with Gasteiger partial charge in [0.2, 0.25) is 0 Å². The molecule has 2 saturated carbocycles. The van der Waals surface area contributed by atoms with Crippen LogP contribution in [0.2, 0.25) is 0 Å². The molecule has 1 aromatic rings. The van der Waals surface area contributed by atoms with Crippen LogP contribution in [-0.2, 0) is 11.2 Å². The Morgan fingerprint density at radius 1 is 1.33 bits per heavy atom. The van der Waals surface area contributed by atoms with Crippen LogP contribution in [0.1, 0.15) is 62.5 Å². The highest BCUT2D eigenvalue weighted by molar-refractivity contribution is 5.87. The van der Waals surface area contributed by atoms with Crippen LogP contribution < -0.4 is 0 Å². The Morgan fingerprint density at radius 2 is 2.17 bits per heavy atom. The van der Waals surface area contributed by atoms with Crippen molar-refractivity contribution in [1.82, 2.24) is 0 Å². The number of Topliss-reactive ketones (excluding diaryl/α,β-unsaturated/α-hetero) is 1. The zero-order valence-electron chi connectivity index (χ0n) is 14.6. The Labute approximate surface area is 145 Å². The number of phenols is 1. The van der Waals surface area contributed by atoms with E-state index in [1.165, 1.54) is 17.5 Å². The lowest BCUT2D eigenvalue weighted by Crippen LogP contribution is -2.46. The lowest BCUT2D eigenvalue weighted by molar-refractivity contribution is -0.131. The van der Waals surface area contributed by atoms with E-state index in [4.69, 9.17) is 0 Å². The van der Waals surface area contributed by atoms with E-state index in [2.05, 4.69) is 19.6 Å². The molecule has 3 unspecified atom stereocenters. The van der Waals surface area contributed by atoms with Gasteiger partial charge in [-0.05, 0) is 85.5 Å². The van der Waals surface area contributed by atoms with Crippen molar-refractivity contribution in [2.45, 2.75) is 57.8 Å². The molecule has 0 radical (unpaired) electrons. The van der Waals surface area contributed by atoms with Crippen LogP contribution in [0.4, 0.5) is 0 Å². The van der Waals surface area contributed by atoms with Gasteiger partial charge in [-0.3, -0.25) is 4.79 Å². The topological polar surface area (TPSA) is 37.3 Å². The van der Waals surface area contributed by atoms with Gasteiger partial charge in [-0.25, -0.2) is 0 Å². The number of phenolic OH excluding ortho intramolecular Hbond substituents is 1. The summed E-state index contributed by atoms with van der Waals surface area (Å²) in [4.78, 5) is 12.7. The largest absolute Gasteiger partial charge is 0.508 e. The summed E-state index contributed by atoms with van der Waals surface area (Å²) in [6, 6.07) is 5.96. The van der Waals surface area contributed by atoms with E-state index in [0.717, 1.165) is 38.5 Å². The van der Waals surface area contributed by atoms with Crippen molar-refractivity contribution in [1.29, 1.82) is 0 Å². The molecule has 0 aliphatic heterocycles. The van der Waals surface area contributed by atoms with Gasteiger partial charge in [-0.1, -0.05) is 19.1 Å². The van der Waals surface area contributed by atoms with Crippen LogP contribution in [0.5, 0.6) is 5.75 Å². The summed E-state index contributed by atoms with van der Waals surface area (Å²) in [5.41, 5.74) is 2.67. The Balaban J connectivity index is 1.76. The van der Waals surface area contributed by atoms with E-state index in [0.29, 0.717) is 35.2 Å². The molecular formula is C22H28O2. The summed E-state index contributed by atoms with van der Waals surface area (Å²) in [7, 11) is 0. The second-order valence-corrected chi connectivity index (χ2v) is 8.43. The van der Waals surface area contributed by atoms with Crippen molar-refractivity contribution in [3.8, 4) is 5.75 Å². The zero-order valence-corrected chi connectivity index (χ0v) is 14.6. The first-order valence-corrected chi connectivity index (χ1v) is 9.50. The predicted octanol–water partition coefficient (Wildman–Crippen LogP) is 5.01. The van der Waals surface area contributed by atoms with E-state index >= 15 is 0 Å². The number of aromatic hydroxyl groups is 1. The van der Waals surface area contributed by atoms with Gasteiger partial charge in [-0.2, -0.15) is 0 Å². The van der Waals surface area contributed by atoms with Gasteiger partial charge in [0.15, 0.2) is 0 Å². The average molecular weight is 324 g/mol. The monoisotopic (exact) mass is 324 g/mol. The number of ketones is 1. The van der Waals surface area contributed by atoms with Crippen molar-refractivity contribution in [2.75, 3.05) is 0 Å². The van der Waals surface area contributed by atoms with Crippen LogP contribution in [-0.4, -0.2) is 10.9 Å². The molecule has 1 aromatic carbocycles. The molecule has 0 saturated heterocycles. The minimum absolute atomic E-state index is 0.0958. The van der Waals surface area contributed by atoms with E-state index in [9.17, 15) is 9.90 Å². The molecule has 128 valence electrons. The quantitative estimate of drug-likeness (QED) is 0.794. The molecule has 2 fully saturated rings. The lowest BCUT2D eigenvalue weighted by Gasteiger charge is -2.52. The summed E-state index contributed by atoms with van der Waals surface area (Å²) in [6.45, 7) is 6.15. The Kier molecular flexibility index (Phi) is 3.82. The van der Waals surface area contributed by atoms with Gasteiger partial charge < -0.3 is 5.11 Å². The molecule has 2 heteroatoms. The van der Waals surface area contributed by atoms with E-state index in [-0.39, 0.29) is 5.41 Å². The maximum absolute atomic E-state index is 12.7. The lowest BCUT2D eigenvalue weighted by atomic mass is 9.51. The molecule has 0 amide bonds. The van der Waals surface area contributed by atoms with Gasteiger partial charge in [0.25, 0.3) is 0 Å². The standard InChI is InChI=1S/C22H28O2/c1-3-4-5-15-13-22(2)19(10-11-20(22)24)18-8-6-14-12-16(23)7-9-17(14)21(15)18/h3,7,9,12,15,18-19,21,23H,1,4-6,8,10-11,13H2,2H3/t15-,18?,19?,21?,22-/m0/s1. The fourth-order valence-corrected chi connectivity index (χ4v) is 6.26. The van der Waals surface area contributed by atoms with Crippen LogP contribution in [0, 0.1) is 23.2 Å². The van der Waals surface area contributed by atoms with Crippen molar-refractivity contribution >= 4 is 5.78 Å². The third-order valence-corrected chi connectivity index (χ3v) is 7.28. The number of carbonyl (C=O) groups excluding carboxylic acids is 1. The third kappa shape index (κ3) is 2.26. The fourth-order valence-electron chi connectivity index (χ4n) is 6.26. The summed E-state index contributed by atoms with van der Waals surface area (Å²) in [5.74, 6) is 3.18. The first-order valence-electron chi connectivity index (χ1n) is 9.50.